The highest BCUT2D eigenvalue weighted by Gasteiger charge is 2.20. The van der Waals surface area contributed by atoms with Crippen molar-refractivity contribution in [1.82, 2.24) is 15.5 Å². The van der Waals surface area contributed by atoms with Crippen molar-refractivity contribution in [3.63, 3.8) is 0 Å². The summed E-state index contributed by atoms with van der Waals surface area (Å²) in [5, 5.41) is 13.9. The number of carbonyl (C=O) groups is 1. The van der Waals surface area contributed by atoms with Crippen molar-refractivity contribution >= 4 is 11.7 Å². The largest absolute Gasteiger partial charge is 0.369 e. The maximum absolute atomic E-state index is 12.0. The molecule has 0 saturated carbocycles. The Hall–Kier alpha value is -1.65. The molecule has 0 aliphatic carbocycles. The van der Waals surface area contributed by atoms with E-state index in [9.17, 15) is 4.79 Å². The lowest BCUT2D eigenvalue weighted by atomic mass is 9.99. The van der Waals surface area contributed by atoms with Gasteiger partial charge in [-0.05, 0) is 39.3 Å². The molecule has 5 nitrogen and oxygen atoms in total. The maximum atomic E-state index is 12.0. The Labute approximate surface area is 108 Å². The predicted octanol–water partition coefficient (Wildman–Crippen LogP) is 2.22. The van der Waals surface area contributed by atoms with Crippen LogP contribution in [0.2, 0.25) is 0 Å². The van der Waals surface area contributed by atoms with Crippen LogP contribution in [-0.2, 0) is 0 Å². The van der Waals surface area contributed by atoms with E-state index in [1.165, 1.54) is 0 Å². The van der Waals surface area contributed by atoms with Crippen LogP contribution in [0.25, 0.3) is 0 Å². The molecule has 1 heterocycles. The number of nitrogens with zero attached hydrogens (tertiary/aromatic N) is 2. The summed E-state index contributed by atoms with van der Waals surface area (Å²) in [7, 11) is 0. The van der Waals surface area contributed by atoms with Gasteiger partial charge in [-0.3, -0.25) is 4.79 Å². The molecule has 0 spiro atoms. The first-order valence-corrected chi connectivity index (χ1v) is 6.38. The van der Waals surface area contributed by atoms with Gasteiger partial charge in [-0.15, -0.1) is 10.2 Å². The van der Waals surface area contributed by atoms with E-state index >= 15 is 0 Å². The lowest BCUT2D eigenvalue weighted by Crippen LogP contribution is -2.43. The van der Waals surface area contributed by atoms with Gasteiger partial charge in [0.15, 0.2) is 5.69 Å². The molecule has 1 rings (SSSR count). The van der Waals surface area contributed by atoms with E-state index in [1.807, 2.05) is 20.8 Å². The van der Waals surface area contributed by atoms with E-state index in [4.69, 9.17) is 0 Å². The minimum Gasteiger partial charge on any atom is -0.369 e. The fourth-order valence-electron chi connectivity index (χ4n) is 1.79. The van der Waals surface area contributed by atoms with Gasteiger partial charge in [0, 0.05) is 12.1 Å². The first-order valence-electron chi connectivity index (χ1n) is 6.38. The number of aromatic nitrogens is 2. The zero-order chi connectivity index (χ0) is 13.6. The molecule has 1 amide bonds. The lowest BCUT2D eigenvalue weighted by Gasteiger charge is -2.25. The fourth-order valence-corrected chi connectivity index (χ4v) is 1.79. The molecule has 18 heavy (non-hydrogen) atoms. The molecular formula is C13H22N4O. The Balaban J connectivity index is 2.67. The van der Waals surface area contributed by atoms with Gasteiger partial charge in [0.1, 0.15) is 5.82 Å². The molecule has 0 aliphatic rings. The molecule has 0 aliphatic heterocycles. The second-order valence-corrected chi connectivity index (χ2v) is 4.92. The molecule has 5 heteroatoms. The van der Waals surface area contributed by atoms with Gasteiger partial charge >= 0.3 is 0 Å². The molecule has 0 saturated heterocycles. The van der Waals surface area contributed by atoms with Crippen LogP contribution in [0.1, 0.15) is 51.0 Å². The summed E-state index contributed by atoms with van der Waals surface area (Å²) in [6.45, 7) is 8.88. The third-order valence-corrected chi connectivity index (χ3v) is 2.58. The number of carbonyl (C=O) groups excluding carboxylic acids is 1. The van der Waals surface area contributed by atoms with Crippen molar-refractivity contribution in [2.75, 3.05) is 11.9 Å². The molecule has 0 fully saturated rings. The van der Waals surface area contributed by atoms with E-state index in [-0.39, 0.29) is 11.4 Å². The van der Waals surface area contributed by atoms with Crippen molar-refractivity contribution in [2.24, 2.45) is 0 Å². The smallest absolute Gasteiger partial charge is 0.272 e. The van der Waals surface area contributed by atoms with Crippen LogP contribution in [0.5, 0.6) is 0 Å². The van der Waals surface area contributed by atoms with Crippen molar-refractivity contribution in [1.29, 1.82) is 0 Å². The highest BCUT2D eigenvalue weighted by molar-refractivity contribution is 5.92. The van der Waals surface area contributed by atoms with Crippen LogP contribution in [-0.4, -0.2) is 28.2 Å². The van der Waals surface area contributed by atoms with Crippen LogP contribution < -0.4 is 10.6 Å². The Morgan fingerprint density at radius 2 is 2.00 bits per heavy atom. The third kappa shape index (κ3) is 4.31. The summed E-state index contributed by atoms with van der Waals surface area (Å²) in [6.07, 6.45) is 1.96. The SMILES string of the molecule is CCCC(C)(C)NC(=O)c1ccc(NCC)nn1. The minimum absolute atomic E-state index is 0.177. The normalized spacial score (nSPS) is 11.1. The monoisotopic (exact) mass is 250 g/mol. The number of amides is 1. The molecule has 100 valence electrons. The number of hydrogen-bond acceptors (Lipinski definition) is 4. The number of nitrogens with one attached hydrogen (secondary N) is 2. The van der Waals surface area contributed by atoms with E-state index in [2.05, 4.69) is 27.8 Å². The van der Waals surface area contributed by atoms with Gasteiger partial charge in [0.05, 0.1) is 0 Å². The Morgan fingerprint density at radius 1 is 1.28 bits per heavy atom. The van der Waals surface area contributed by atoms with E-state index < -0.39 is 0 Å². The number of rotatable bonds is 6. The standard InChI is InChI=1S/C13H22N4O/c1-5-9-13(3,4)15-12(18)10-7-8-11(14-6-2)17-16-10/h7-8H,5-6,9H2,1-4H3,(H,14,17)(H,15,18). The van der Waals surface area contributed by atoms with Crippen molar-refractivity contribution < 1.29 is 4.79 Å². The first-order chi connectivity index (χ1) is 8.48. The van der Waals surface area contributed by atoms with Gasteiger partial charge < -0.3 is 10.6 Å². The molecule has 0 atom stereocenters. The quantitative estimate of drug-likeness (QED) is 0.812. The summed E-state index contributed by atoms with van der Waals surface area (Å²) < 4.78 is 0. The first kappa shape index (κ1) is 14.4. The Morgan fingerprint density at radius 3 is 2.50 bits per heavy atom. The summed E-state index contributed by atoms with van der Waals surface area (Å²) in [4.78, 5) is 12.0. The maximum Gasteiger partial charge on any atom is 0.272 e. The molecule has 2 N–H and O–H groups in total. The number of hydrogen-bond donors (Lipinski definition) is 2. The second-order valence-electron chi connectivity index (χ2n) is 4.92. The molecule has 0 bridgehead atoms. The zero-order valence-corrected chi connectivity index (χ0v) is 11.6. The summed E-state index contributed by atoms with van der Waals surface area (Å²) in [6, 6.07) is 3.45. The van der Waals surface area contributed by atoms with Gasteiger partial charge in [0.25, 0.3) is 5.91 Å². The Bertz CT molecular complexity index is 386. The van der Waals surface area contributed by atoms with E-state index in [0.29, 0.717) is 11.5 Å². The Kier molecular flexibility index (Phi) is 5.07. The zero-order valence-electron chi connectivity index (χ0n) is 11.6. The molecule has 1 aromatic rings. The van der Waals surface area contributed by atoms with Gasteiger partial charge in [-0.2, -0.15) is 0 Å². The average Bonchev–Trinajstić information content (AvgIpc) is 2.29. The topological polar surface area (TPSA) is 66.9 Å². The van der Waals surface area contributed by atoms with Crippen molar-refractivity contribution in [2.45, 2.75) is 46.1 Å². The molecular weight excluding hydrogens is 228 g/mol. The summed E-state index contributed by atoms with van der Waals surface area (Å²) in [5.41, 5.74) is 0.134. The van der Waals surface area contributed by atoms with Crippen molar-refractivity contribution in [3.8, 4) is 0 Å². The van der Waals surface area contributed by atoms with Gasteiger partial charge in [-0.25, -0.2) is 0 Å². The molecule has 0 aromatic carbocycles. The third-order valence-electron chi connectivity index (χ3n) is 2.58. The molecule has 0 unspecified atom stereocenters. The van der Waals surface area contributed by atoms with E-state index in [1.54, 1.807) is 12.1 Å². The van der Waals surface area contributed by atoms with E-state index in [0.717, 1.165) is 19.4 Å². The van der Waals surface area contributed by atoms with Gasteiger partial charge in [0.2, 0.25) is 0 Å². The van der Waals surface area contributed by atoms with Crippen LogP contribution >= 0.6 is 0 Å². The second kappa shape index (κ2) is 6.33. The lowest BCUT2D eigenvalue weighted by molar-refractivity contribution is 0.0903. The number of anilines is 1. The highest BCUT2D eigenvalue weighted by atomic mass is 16.2. The minimum atomic E-state index is -0.214. The van der Waals surface area contributed by atoms with Crippen LogP contribution in [0.3, 0.4) is 0 Å². The van der Waals surface area contributed by atoms with Gasteiger partial charge in [-0.1, -0.05) is 13.3 Å². The molecule has 1 aromatic heterocycles. The van der Waals surface area contributed by atoms with Crippen LogP contribution in [0, 0.1) is 0 Å². The van der Waals surface area contributed by atoms with Crippen LogP contribution in [0.4, 0.5) is 5.82 Å². The van der Waals surface area contributed by atoms with Crippen molar-refractivity contribution in [3.05, 3.63) is 17.8 Å². The fraction of sp³-hybridized carbons (Fsp3) is 0.615. The average molecular weight is 250 g/mol. The molecule has 0 radical (unpaired) electrons. The summed E-state index contributed by atoms with van der Waals surface area (Å²) in [5.74, 6) is 0.505. The summed E-state index contributed by atoms with van der Waals surface area (Å²) >= 11 is 0. The van der Waals surface area contributed by atoms with Crippen LogP contribution in [0.15, 0.2) is 12.1 Å². The predicted molar refractivity (Wildman–Crippen MR) is 72.6 cm³/mol. The highest BCUT2D eigenvalue weighted by Crippen LogP contribution is 2.11.